The predicted molar refractivity (Wildman–Crippen MR) is 119 cm³/mol. The van der Waals surface area contributed by atoms with Crippen LogP contribution in [0.5, 0.6) is 0 Å². The molecule has 3 aliphatic heterocycles. The largest absolute Gasteiger partial charge is 0.417 e. The molecule has 1 spiro atoms. The molecule has 0 bridgehead atoms. The number of carbonyl (C=O) groups is 2. The molecule has 0 unspecified atom stereocenters. The Kier molecular flexibility index (Phi) is 5.30. The number of carbonyl (C=O) groups excluding carboxylic acids is 2. The summed E-state index contributed by atoms with van der Waals surface area (Å²) in [5, 5.41) is 11.5. The third-order valence-electron chi connectivity index (χ3n) is 6.52. The number of alkyl halides is 3. The van der Waals surface area contributed by atoms with Crippen LogP contribution >= 0.6 is 12.2 Å². The molecule has 2 aromatic carbocycles. The van der Waals surface area contributed by atoms with Gasteiger partial charge in [-0.2, -0.15) is 18.4 Å². The lowest BCUT2D eigenvalue weighted by molar-refractivity contribution is -0.137. The number of hydrogen-bond donors (Lipinski definition) is 1. The van der Waals surface area contributed by atoms with Gasteiger partial charge in [-0.25, -0.2) is 4.39 Å². The van der Waals surface area contributed by atoms with E-state index in [0.717, 1.165) is 11.0 Å². The Hall–Kier alpha value is -3.56. The van der Waals surface area contributed by atoms with E-state index in [4.69, 9.17) is 22.2 Å². The fourth-order valence-electron chi connectivity index (χ4n) is 4.79. The summed E-state index contributed by atoms with van der Waals surface area (Å²) in [7, 11) is 0. The van der Waals surface area contributed by atoms with Gasteiger partial charge in [0, 0.05) is 38.2 Å². The number of fused-ring (bicyclic) bond motifs is 1. The van der Waals surface area contributed by atoms with Gasteiger partial charge in [-0.05, 0) is 48.1 Å². The average Bonchev–Trinajstić information content (AvgIpc) is 3.27. The number of nitrogens with one attached hydrogen (secondary N) is 1. The highest BCUT2D eigenvalue weighted by Crippen LogP contribution is 2.45. The van der Waals surface area contributed by atoms with Gasteiger partial charge < -0.3 is 10.1 Å². The average molecular weight is 504 g/mol. The van der Waals surface area contributed by atoms with Gasteiger partial charge in [0.25, 0.3) is 11.8 Å². The number of thiocarbonyl (C=S) groups is 1. The maximum atomic E-state index is 15.3. The molecule has 180 valence electrons. The summed E-state index contributed by atoms with van der Waals surface area (Å²) in [6.45, 7) is 0.450. The minimum absolute atomic E-state index is 0.105. The molecule has 0 aromatic heterocycles. The number of amides is 2. The fraction of sp³-hybridized carbons (Fsp3) is 0.304. The van der Waals surface area contributed by atoms with E-state index in [9.17, 15) is 22.8 Å². The molecule has 3 heterocycles. The highest BCUT2D eigenvalue weighted by atomic mass is 32.1. The zero-order chi connectivity index (χ0) is 25.1. The van der Waals surface area contributed by atoms with Crippen molar-refractivity contribution in [3.63, 3.8) is 0 Å². The summed E-state index contributed by atoms with van der Waals surface area (Å²) < 4.78 is 61.5. The number of nitriles is 1. The SMILES string of the molecule is N#Cc1ccc(N2C(=O)C3(CCOCC3)N(c3cc4c(cc3F)CNC4=O)C2=S)cc1C(F)(F)F. The monoisotopic (exact) mass is 504 g/mol. The summed E-state index contributed by atoms with van der Waals surface area (Å²) in [5.74, 6) is -1.76. The van der Waals surface area contributed by atoms with Crippen LogP contribution in [0.4, 0.5) is 28.9 Å². The molecule has 0 aliphatic carbocycles. The van der Waals surface area contributed by atoms with E-state index in [1.165, 1.54) is 29.2 Å². The van der Waals surface area contributed by atoms with Gasteiger partial charge in [0.15, 0.2) is 5.11 Å². The summed E-state index contributed by atoms with van der Waals surface area (Å²) >= 11 is 5.55. The van der Waals surface area contributed by atoms with Gasteiger partial charge in [-0.15, -0.1) is 0 Å². The van der Waals surface area contributed by atoms with Gasteiger partial charge >= 0.3 is 6.18 Å². The molecule has 5 rings (SSSR count). The molecule has 0 saturated carbocycles. The minimum atomic E-state index is -4.85. The fourth-order valence-corrected chi connectivity index (χ4v) is 5.25. The number of nitrogens with zero attached hydrogens (tertiary/aromatic N) is 3. The Bertz CT molecular complexity index is 1330. The number of halogens is 4. The Morgan fingerprint density at radius 1 is 1.14 bits per heavy atom. The van der Waals surface area contributed by atoms with Crippen molar-refractivity contribution < 1.29 is 31.9 Å². The lowest BCUT2D eigenvalue weighted by Crippen LogP contribution is -2.54. The van der Waals surface area contributed by atoms with Gasteiger partial charge in [0.1, 0.15) is 11.4 Å². The quantitative estimate of drug-likeness (QED) is 0.497. The topological polar surface area (TPSA) is 85.7 Å². The van der Waals surface area contributed by atoms with E-state index in [2.05, 4.69) is 5.32 Å². The molecule has 2 aromatic rings. The zero-order valence-corrected chi connectivity index (χ0v) is 18.7. The molecule has 2 saturated heterocycles. The summed E-state index contributed by atoms with van der Waals surface area (Å²) in [5.41, 5.74) is -2.86. The first-order valence-corrected chi connectivity index (χ1v) is 11.0. The third kappa shape index (κ3) is 3.45. The number of rotatable bonds is 2. The maximum absolute atomic E-state index is 15.3. The van der Waals surface area contributed by atoms with Crippen LogP contribution < -0.4 is 15.1 Å². The van der Waals surface area contributed by atoms with Crippen LogP contribution in [0.15, 0.2) is 30.3 Å². The Morgan fingerprint density at radius 3 is 2.51 bits per heavy atom. The van der Waals surface area contributed by atoms with Crippen LogP contribution in [0.1, 0.15) is 39.9 Å². The molecular weight excluding hydrogens is 488 g/mol. The van der Waals surface area contributed by atoms with E-state index in [-0.39, 0.29) is 54.7 Å². The number of benzene rings is 2. The predicted octanol–water partition coefficient (Wildman–Crippen LogP) is 3.65. The van der Waals surface area contributed by atoms with Gasteiger partial charge in [0.2, 0.25) is 0 Å². The highest BCUT2D eigenvalue weighted by Gasteiger charge is 2.57. The highest BCUT2D eigenvalue weighted by molar-refractivity contribution is 7.81. The normalized spacial score (nSPS) is 19.2. The van der Waals surface area contributed by atoms with Crippen molar-refractivity contribution in [3.05, 3.63) is 58.4 Å². The molecule has 7 nitrogen and oxygen atoms in total. The Labute approximate surface area is 201 Å². The van der Waals surface area contributed by atoms with Crippen molar-refractivity contribution in [2.24, 2.45) is 0 Å². The van der Waals surface area contributed by atoms with Gasteiger partial charge in [0.05, 0.1) is 28.6 Å². The summed E-state index contributed by atoms with van der Waals surface area (Å²) in [4.78, 5) is 28.2. The molecule has 0 radical (unpaired) electrons. The second-order valence-corrected chi connectivity index (χ2v) is 8.75. The zero-order valence-electron chi connectivity index (χ0n) is 17.9. The van der Waals surface area contributed by atoms with Crippen molar-refractivity contribution in [2.45, 2.75) is 31.1 Å². The lowest BCUT2D eigenvalue weighted by Gasteiger charge is -2.39. The van der Waals surface area contributed by atoms with Gasteiger partial charge in [-0.3, -0.25) is 19.4 Å². The second kappa shape index (κ2) is 8.00. The van der Waals surface area contributed by atoms with Crippen molar-refractivity contribution in [1.82, 2.24) is 5.32 Å². The number of hydrogen-bond acceptors (Lipinski definition) is 5. The van der Waals surface area contributed by atoms with Crippen molar-refractivity contribution in [3.8, 4) is 6.07 Å². The Balaban J connectivity index is 1.67. The van der Waals surface area contributed by atoms with Crippen LogP contribution in [0.3, 0.4) is 0 Å². The van der Waals surface area contributed by atoms with E-state index in [0.29, 0.717) is 11.6 Å². The summed E-state index contributed by atoms with van der Waals surface area (Å²) in [6, 6.07) is 6.85. The van der Waals surface area contributed by atoms with Crippen molar-refractivity contribution >= 4 is 40.5 Å². The third-order valence-corrected chi connectivity index (χ3v) is 6.88. The van der Waals surface area contributed by atoms with Crippen LogP contribution in [0.2, 0.25) is 0 Å². The first-order valence-electron chi connectivity index (χ1n) is 10.6. The minimum Gasteiger partial charge on any atom is -0.381 e. The first-order chi connectivity index (χ1) is 16.6. The van der Waals surface area contributed by atoms with Crippen LogP contribution in [0, 0.1) is 17.1 Å². The number of ether oxygens (including phenoxy) is 1. The first kappa shape index (κ1) is 23.2. The van der Waals surface area contributed by atoms with E-state index in [1.807, 2.05) is 0 Å². The lowest BCUT2D eigenvalue weighted by atomic mass is 9.87. The molecule has 1 N–H and O–H groups in total. The van der Waals surface area contributed by atoms with Crippen molar-refractivity contribution in [1.29, 1.82) is 5.26 Å². The van der Waals surface area contributed by atoms with Crippen LogP contribution in [-0.2, 0) is 22.3 Å². The maximum Gasteiger partial charge on any atom is 0.417 e. The van der Waals surface area contributed by atoms with E-state index >= 15 is 4.39 Å². The molecule has 2 amide bonds. The van der Waals surface area contributed by atoms with Crippen LogP contribution in [-0.4, -0.2) is 35.7 Å². The number of anilines is 2. The molecular formula is C23H16F4N4O3S. The van der Waals surface area contributed by atoms with E-state index in [1.54, 1.807) is 0 Å². The van der Waals surface area contributed by atoms with Gasteiger partial charge in [-0.1, -0.05) is 0 Å². The molecule has 0 atom stereocenters. The Morgan fingerprint density at radius 2 is 1.86 bits per heavy atom. The van der Waals surface area contributed by atoms with Crippen LogP contribution in [0.25, 0.3) is 0 Å². The molecule has 12 heteroatoms. The molecule has 2 fully saturated rings. The summed E-state index contributed by atoms with van der Waals surface area (Å²) in [6.07, 6.45) is -4.64. The van der Waals surface area contributed by atoms with Crippen molar-refractivity contribution in [2.75, 3.05) is 23.0 Å². The van der Waals surface area contributed by atoms with E-state index < -0.39 is 40.5 Å². The molecule has 35 heavy (non-hydrogen) atoms. The second-order valence-electron chi connectivity index (χ2n) is 8.39. The smallest absolute Gasteiger partial charge is 0.381 e. The standard InChI is InChI=1S/C23H16F4N4O3S/c24-17-7-13-11-29-19(32)15(13)9-18(17)31-21(35)30(20(33)22(31)3-5-34-6-4-22)14-2-1-12(10-28)16(8-14)23(25,26)27/h1-2,7-9H,3-6,11H2,(H,29,32). The molecule has 3 aliphatic rings.